The number of rotatable bonds is 13. The summed E-state index contributed by atoms with van der Waals surface area (Å²) in [4.78, 5) is 41.5. The van der Waals surface area contributed by atoms with Crippen molar-refractivity contribution in [2.75, 3.05) is 20.3 Å². The summed E-state index contributed by atoms with van der Waals surface area (Å²) in [6.45, 7) is -0.407. The summed E-state index contributed by atoms with van der Waals surface area (Å²) in [6, 6.07) is -2.83. The number of carbonyl (C=O) groups excluding carboxylic acids is 3. The van der Waals surface area contributed by atoms with Gasteiger partial charge in [0.25, 0.3) is 0 Å². The predicted molar refractivity (Wildman–Crippen MR) is 158 cm³/mol. The molecule has 3 saturated heterocycles. The SMILES string of the molecule is CO/C=N\[C@@H]1[C@@H](O[C@@H]2O[C@H]([C](=O)[Mo])[C@@H](O[C@@H]3O[C@H](CO)[C@@H](O)[C@H](O[C@@H]4O[C@H]([C](=O)[Mo])[C@@H](O)[C@H](O)[C@H]4O)[C@H]3NC(C)=O)[C@H](O)[C@H]2O)[C@H](O)[C@@H](CO)C[C@H]1O. The van der Waals surface area contributed by atoms with Crippen molar-refractivity contribution in [1.82, 2.24) is 5.32 Å². The monoisotopic (exact) mass is 936 g/mol. The number of hydrogen-bond acceptors (Lipinski definition) is 21. The molecule has 4 aliphatic rings. The molecule has 0 radical (unpaired) electrons. The van der Waals surface area contributed by atoms with Gasteiger partial charge in [-0.1, -0.05) is 0 Å². The van der Waals surface area contributed by atoms with E-state index in [0.717, 1.165) is 53.0 Å². The van der Waals surface area contributed by atoms with E-state index in [-0.39, 0.29) is 6.42 Å². The topological polar surface area (TPSA) is 343 Å². The van der Waals surface area contributed by atoms with Gasteiger partial charge in [-0.3, -0.25) is 0 Å². The Morgan fingerprint density at radius 1 is 0.717 bits per heavy atom. The maximum atomic E-state index is 13.0. The summed E-state index contributed by atoms with van der Waals surface area (Å²) >= 11 is 1.91. The van der Waals surface area contributed by atoms with Crippen LogP contribution in [-0.4, -0.2) is 208 Å². The van der Waals surface area contributed by atoms with Gasteiger partial charge in [-0.2, -0.15) is 0 Å². The summed E-state index contributed by atoms with van der Waals surface area (Å²) in [7, 11) is 1.28. The first kappa shape index (κ1) is 44.7. The zero-order valence-electron chi connectivity index (χ0n) is 28.1. The first-order chi connectivity index (χ1) is 25.0. The Kier molecular flexibility index (Phi) is 16.4. The molecule has 4 fully saturated rings. The van der Waals surface area contributed by atoms with Crippen molar-refractivity contribution in [2.45, 2.75) is 130 Å². The Morgan fingerprint density at radius 3 is 1.83 bits per heavy atom. The van der Waals surface area contributed by atoms with Crippen molar-refractivity contribution in [3.8, 4) is 0 Å². The first-order valence-corrected chi connectivity index (χ1v) is 18.3. The van der Waals surface area contributed by atoms with Crippen molar-refractivity contribution >= 4 is 20.7 Å². The van der Waals surface area contributed by atoms with E-state index >= 15 is 0 Å². The number of methoxy groups -OCH3 is 1. The Hall–Kier alpha value is -0.983. The molecule has 24 heteroatoms. The van der Waals surface area contributed by atoms with E-state index in [1.165, 1.54) is 7.11 Å². The minimum atomic E-state index is -2.05. The maximum absolute atomic E-state index is 13.0. The van der Waals surface area contributed by atoms with Crippen molar-refractivity contribution < 1.29 is 138 Å². The molecule has 0 bridgehead atoms. The molecule has 0 aromatic carbocycles. The van der Waals surface area contributed by atoms with E-state index in [0.29, 0.717) is 0 Å². The fourth-order valence-electron chi connectivity index (χ4n) is 6.58. The third kappa shape index (κ3) is 9.95. The molecule has 22 nitrogen and oxygen atoms in total. The van der Waals surface area contributed by atoms with Crippen molar-refractivity contribution in [3.05, 3.63) is 0 Å². The quantitative estimate of drug-likeness (QED) is 0.0464. The number of nitrogens with one attached hydrogen (secondary N) is 1. The standard InChI is InChI=1S/C29H44N2O20.2Mo/c1-9(36)31-16-26(51-28-22(43)20(41)18(39)12(5-33)47-28)19(40)13(6-34)46-27(16)49-24-14(7-35)48-29(23(44)21(24)42)50-25-15(30-8-45-2)11(37)3-10(4-32)17(25)38;;/h8,10-29,32,34,37-44H,3-4,6H2,1-2H3,(H,31,36);;/b30-8-;;/t10-,11-,12-,13-,14-,15+,16-,17-,18-,19-,20+,21-,22-,23-,24-,25-,26-,27+,28+,29+;;/m1../s1. The number of aliphatic hydroxyl groups is 10. The molecule has 3 heterocycles. The van der Waals surface area contributed by atoms with E-state index in [4.69, 9.17) is 33.2 Å². The van der Waals surface area contributed by atoms with E-state index < -0.39 is 150 Å². The van der Waals surface area contributed by atoms with Gasteiger partial charge in [-0.05, 0) is 0 Å². The molecular formula is C29H44Mo2N2O20. The van der Waals surface area contributed by atoms with Gasteiger partial charge in [0.15, 0.2) is 0 Å². The Bertz CT molecular complexity index is 1290. The number of ether oxygens (including phenoxy) is 7. The van der Waals surface area contributed by atoms with Crippen LogP contribution in [0.3, 0.4) is 0 Å². The molecule has 0 spiro atoms. The Balaban J connectivity index is 1.62. The van der Waals surface area contributed by atoms with Gasteiger partial charge in [0.05, 0.1) is 0 Å². The zero-order chi connectivity index (χ0) is 39.5. The van der Waals surface area contributed by atoms with Crippen LogP contribution in [0.2, 0.25) is 0 Å². The van der Waals surface area contributed by atoms with Crippen LogP contribution in [0.15, 0.2) is 4.99 Å². The van der Waals surface area contributed by atoms with Gasteiger partial charge >= 0.3 is 325 Å². The molecule has 1 aliphatic carbocycles. The fraction of sp³-hybridized carbons (Fsp3) is 0.862. The summed E-state index contributed by atoms with van der Waals surface area (Å²) < 4.78 is 37.7. The van der Waals surface area contributed by atoms with Gasteiger partial charge in [0.1, 0.15) is 0 Å². The van der Waals surface area contributed by atoms with Crippen molar-refractivity contribution in [2.24, 2.45) is 10.9 Å². The van der Waals surface area contributed by atoms with Crippen LogP contribution in [0.5, 0.6) is 0 Å². The molecule has 1 amide bonds. The third-order valence-corrected chi connectivity index (χ3v) is 10.5. The normalized spacial score (nSPS) is 46.5. The van der Waals surface area contributed by atoms with Crippen molar-refractivity contribution in [1.29, 1.82) is 0 Å². The van der Waals surface area contributed by atoms with E-state index in [2.05, 4.69) is 10.3 Å². The van der Waals surface area contributed by atoms with Gasteiger partial charge in [-0.25, -0.2) is 0 Å². The van der Waals surface area contributed by atoms with Gasteiger partial charge in [0.2, 0.25) is 0 Å². The molecule has 20 atom stereocenters. The summed E-state index contributed by atoms with van der Waals surface area (Å²) in [6.07, 6.45) is -29.2. The zero-order valence-corrected chi connectivity index (χ0v) is 32.1. The second-order valence-electron chi connectivity index (χ2n) is 12.9. The molecule has 302 valence electrons. The molecular weight excluding hydrogens is 888 g/mol. The number of hydrogen-bond donors (Lipinski definition) is 11. The van der Waals surface area contributed by atoms with E-state index in [1.54, 1.807) is 0 Å². The number of amides is 1. The van der Waals surface area contributed by atoms with Crippen LogP contribution in [0.1, 0.15) is 13.3 Å². The summed E-state index contributed by atoms with van der Waals surface area (Å²) in [5.74, 6) is -1.66. The van der Waals surface area contributed by atoms with Crippen LogP contribution in [0, 0.1) is 5.92 Å². The van der Waals surface area contributed by atoms with Crippen LogP contribution in [0.25, 0.3) is 0 Å². The molecule has 0 aromatic heterocycles. The van der Waals surface area contributed by atoms with Gasteiger partial charge < -0.3 is 0 Å². The Labute approximate surface area is 324 Å². The van der Waals surface area contributed by atoms with Crippen molar-refractivity contribution in [3.63, 3.8) is 0 Å². The molecule has 1 saturated carbocycles. The second kappa shape index (κ2) is 19.4. The number of nitrogens with zero attached hydrogens (tertiary/aromatic N) is 1. The second-order valence-corrected chi connectivity index (χ2v) is 14.9. The van der Waals surface area contributed by atoms with E-state index in [1.807, 2.05) is 0 Å². The number of carbonyl (C=O) groups is 3. The fourth-order valence-corrected chi connectivity index (χ4v) is 7.53. The summed E-state index contributed by atoms with van der Waals surface area (Å²) in [5, 5.41) is 109. The molecule has 4 rings (SSSR count). The van der Waals surface area contributed by atoms with Crippen LogP contribution in [-0.2, 0) is 87.2 Å². The van der Waals surface area contributed by atoms with E-state index in [9.17, 15) is 65.4 Å². The minimum absolute atomic E-state index is 0.0801. The third-order valence-electron chi connectivity index (χ3n) is 9.34. The van der Waals surface area contributed by atoms with Gasteiger partial charge in [0, 0.05) is 0 Å². The van der Waals surface area contributed by atoms with Crippen LogP contribution >= 0.6 is 0 Å². The first-order valence-electron chi connectivity index (χ1n) is 16.3. The average Bonchev–Trinajstić information content (AvgIpc) is 3.10. The van der Waals surface area contributed by atoms with Crippen LogP contribution in [0.4, 0.5) is 0 Å². The predicted octanol–water partition coefficient (Wildman–Crippen LogP) is -8.10. The Morgan fingerprint density at radius 2 is 1.28 bits per heavy atom. The molecule has 53 heavy (non-hydrogen) atoms. The van der Waals surface area contributed by atoms with Gasteiger partial charge in [-0.15, -0.1) is 0 Å². The molecule has 0 aromatic rings. The molecule has 0 unspecified atom stereocenters. The number of aliphatic imine (C=N–C) groups is 1. The molecule has 11 N–H and O–H groups in total. The van der Waals surface area contributed by atoms with Crippen LogP contribution < -0.4 is 5.32 Å². The molecule has 3 aliphatic heterocycles. The number of aliphatic hydroxyl groups excluding tert-OH is 10. The summed E-state index contributed by atoms with van der Waals surface area (Å²) in [5.41, 5.74) is 0. The average molecular weight is 933 g/mol.